The average Bonchev–Trinajstić information content (AvgIpc) is 2.68. The smallest absolute Gasteiger partial charge is 0.253 e. The summed E-state index contributed by atoms with van der Waals surface area (Å²) in [5, 5.41) is 0. The minimum atomic E-state index is -0.696. The number of carbonyl (C=O) groups is 3. The monoisotopic (exact) mass is 399 g/mol. The lowest BCUT2D eigenvalue weighted by molar-refractivity contribution is -0.141. The molecule has 0 atom stereocenters. The SMILES string of the molecule is CC#Cc1cc(C)c(C2C(=O)CC3(CC2=O)CN(C(=O)c2ccccc2)C3)c(C)c1. The van der Waals surface area contributed by atoms with Crippen molar-refractivity contribution in [2.45, 2.75) is 39.5 Å². The zero-order chi connectivity index (χ0) is 21.5. The van der Waals surface area contributed by atoms with Crippen LogP contribution < -0.4 is 0 Å². The van der Waals surface area contributed by atoms with Gasteiger partial charge in [0.25, 0.3) is 5.91 Å². The van der Waals surface area contributed by atoms with E-state index < -0.39 is 11.3 Å². The highest BCUT2D eigenvalue weighted by Crippen LogP contribution is 2.46. The topological polar surface area (TPSA) is 54.5 Å². The van der Waals surface area contributed by atoms with Crippen molar-refractivity contribution in [3.05, 3.63) is 70.3 Å². The van der Waals surface area contributed by atoms with Crippen LogP contribution in [-0.2, 0) is 9.59 Å². The van der Waals surface area contributed by atoms with Crippen molar-refractivity contribution < 1.29 is 14.4 Å². The van der Waals surface area contributed by atoms with E-state index in [2.05, 4.69) is 11.8 Å². The second kappa shape index (κ2) is 7.57. The van der Waals surface area contributed by atoms with Crippen LogP contribution in [0.1, 0.15) is 58.3 Å². The Bertz CT molecular complexity index is 1060. The van der Waals surface area contributed by atoms with E-state index in [9.17, 15) is 14.4 Å². The maximum absolute atomic E-state index is 13.1. The van der Waals surface area contributed by atoms with E-state index in [-0.39, 0.29) is 17.5 Å². The van der Waals surface area contributed by atoms with Crippen molar-refractivity contribution >= 4 is 17.5 Å². The molecule has 2 aromatic carbocycles. The number of carbonyl (C=O) groups excluding carboxylic acids is 3. The number of nitrogens with zero attached hydrogens (tertiary/aromatic N) is 1. The van der Waals surface area contributed by atoms with Crippen LogP contribution >= 0.6 is 0 Å². The van der Waals surface area contributed by atoms with E-state index in [4.69, 9.17) is 0 Å². The highest BCUT2D eigenvalue weighted by Gasteiger charge is 2.53. The first kappa shape index (κ1) is 20.1. The first-order valence-corrected chi connectivity index (χ1v) is 10.3. The summed E-state index contributed by atoms with van der Waals surface area (Å²) in [4.78, 5) is 40.6. The van der Waals surface area contributed by atoms with Gasteiger partial charge in [-0.25, -0.2) is 0 Å². The molecule has 2 fully saturated rings. The molecule has 0 bridgehead atoms. The normalized spacial score (nSPS) is 18.0. The van der Waals surface area contributed by atoms with Crippen molar-refractivity contribution in [1.29, 1.82) is 0 Å². The molecule has 1 heterocycles. The Hall–Kier alpha value is -3.19. The number of benzene rings is 2. The molecule has 4 nitrogen and oxygen atoms in total. The van der Waals surface area contributed by atoms with Crippen molar-refractivity contribution in [1.82, 2.24) is 4.90 Å². The van der Waals surface area contributed by atoms with E-state index in [1.54, 1.807) is 24.0 Å². The van der Waals surface area contributed by atoms with Crippen molar-refractivity contribution in [2.24, 2.45) is 5.41 Å². The lowest BCUT2D eigenvalue weighted by atomic mass is 9.63. The molecule has 30 heavy (non-hydrogen) atoms. The molecule has 0 aromatic heterocycles. The highest BCUT2D eigenvalue weighted by molar-refractivity contribution is 6.11. The number of likely N-dealkylation sites (tertiary alicyclic amines) is 1. The number of hydrogen-bond donors (Lipinski definition) is 0. The molecule has 1 saturated carbocycles. The highest BCUT2D eigenvalue weighted by atomic mass is 16.2. The van der Waals surface area contributed by atoms with Gasteiger partial charge >= 0.3 is 0 Å². The predicted octanol–water partition coefficient (Wildman–Crippen LogP) is 3.83. The third-order valence-electron chi connectivity index (χ3n) is 6.25. The summed E-state index contributed by atoms with van der Waals surface area (Å²) in [6.07, 6.45) is 0.689. The summed E-state index contributed by atoms with van der Waals surface area (Å²) in [5.41, 5.74) is 3.84. The van der Waals surface area contributed by atoms with Gasteiger partial charge in [0, 0.05) is 42.5 Å². The van der Waals surface area contributed by atoms with Crippen LogP contribution in [0.3, 0.4) is 0 Å². The lowest BCUT2D eigenvalue weighted by Gasteiger charge is -2.52. The molecule has 1 spiro atoms. The number of aryl methyl sites for hydroxylation is 2. The first-order valence-electron chi connectivity index (χ1n) is 10.3. The van der Waals surface area contributed by atoms with Crippen LogP contribution in [0.5, 0.6) is 0 Å². The van der Waals surface area contributed by atoms with Crippen molar-refractivity contribution in [3.8, 4) is 11.8 Å². The number of amides is 1. The zero-order valence-electron chi connectivity index (χ0n) is 17.6. The molecule has 0 N–H and O–H groups in total. The Kier molecular flexibility index (Phi) is 5.07. The fourth-order valence-electron chi connectivity index (χ4n) is 5.05. The number of rotatable bonds is 2. The fourth-order valence-corrected chi connectivity index (χ4v) is 5.05. The molecule has 1 aliphatic carbocycles. The summed E-state index contributed by atoms with van der Waals surface area (Å²) in [7, 11) is 0. The maximum atomic E-state index is 13.1. The molecule has 0 unspecified atom stereocenters. The van der Waals surface area contributed by atoms with Crippen LogP contribution in [-0.4, -0.2) is 35.5 Å². The number of hydrogen-bond acceptors (Lipinski definition) is 3. The number of Topliss-reactive ketones (excluding diaryl/α,β-unsaturated/α-hetero) is 2. The molecule has 0 radical (unpaired) electrons. The molecule has 2 aromatic rings. The number of ketones is 2. The van der Waals surface area contributed by atoms with Gasteiger partial charge in [-0.2, -0.15) is 0 Å². The van der Waals surface area contributed by atoms with Gasteiger partial charge in [-0.05, 0) is 61.7 Å². The Morgan fingerprint density at radius 3 is 2.10 bits per heavy atom. The van der Waals surface area contributed by atoms with Gasteiger partial charge in [0.1, 0.15) is 17.5 Å². The van der Waals surface area contributed by atoms with Crippen molar-refractivity contribution in [3.63, 3.8) is 0 Å². The zero-order valence-corrected chi connectivity index (χ0v) is 17.6. The van der Waals surface area contributed by atoms with E-state index in [0.29, 0.717) is 31.5 Å². The fraction of sp³-hybridized carbons (Fsp3) is 0.346. The summed E-state index contributed by atoms with van der Waals surface area (Å²) in [5.74, 6) is 5.14. The second-order valence-corrected chi connectivity index (χ2v) is 8.65. The van der Waals surface area contributed by atoms with Gasteiger partial charge in [0.2, 0.25) is 0 Å². The van der Waals surface area contributed by atoms with E-state index in [1.165, 1.54) is 0 Å². The summed E-state index contributed by atoms with van der Waals surface area (Å²) < 4.78 is 0. The van der Waals surface area contributed by atoms with Crippen LogP contribution in [0.4, 0.5) is 0 Å². The standard InChI is InChI=1S/C26H25NO3/c1-4-8-19-11-17(2)23(18(3)12-19)24-21(28)13-26(14-22(24)29)15-27(16-26)25(30)20-9-6-5-7-10-20/h5-7,9-12,24H,13-16H2,1-3H3. The summed E-state index contributed by atoms with van der Waals surface area (Å²) in [6.45, 7) is 6.61. The quantitative estimate of drug-likeness (QED) is 0.570. The van der Waals surface area contributed by atoms with Crippen LogP contribution in [0.25, 0.3) is 0 Å². The van der Waals surface area contributed by atoms with E-state index in [0.717, 1.165) is 22.3 Å². The Morgan fingerprint density at radius 2 is 1.57 bits per heavy atom. The Morgan fingerprint density at radius 1 is 1.00 bits per heavy atom. The largest absolute Gasteiger partial charge is 0.337 e. The van der Waals surface area contributed by atoms with Gasteiger partial charge in [-0.15, -0.1) is 5.92 Å². The van der Waals surface area contributed by atoms with Gasteiger partial charge < -0.3 is 4.90 Å². The first-order chi connectivity index (χ1) is 14.3. The summed E-state index contributed by atoms with van der Waals surface area (Å²) >= 11 is 0. The lowest BCUT2D eigenvalue weighted by Crippen LogP contribution is -2.62. The van der Waals surface area contributed by atoms with Crippen molar-refractivity contribution in [2.75, 3.05) is 13.1 Å². The molecule has 1 saturated heterocycles. The third-order valence-corrected chi connectivity index (χ3v) is 6.25. The molecule has 1 amide bonds. The predicted molar refractivity (Wildman–Crippen MR) is 115 cm³/mol. The van der Waals surface area contributed by atoms with Crippen LogP contribution in [0, 0.1) is 31.1 Å². The molecule has 1 aliphatic heterocycles. The maximum Gasteiger partial charge on any atom is 0.253 e. The van der Waals surface area contributed by atoms with Gasteiger partial charge in [0.15, 0.2) is 0 Å². The molecular weight excluding hydrogens is 374 g/mol. The Balaban J connectivity index is 1.51. The third kappa shape index (κ3) is 3.45. The van der Waals surface area contributed by atoms with Crippen LogP contribution in [0.15, 0.2) is 42.5 Å². The minimum Gasteiger partial charge on any atom is -0.337 e. The molecular formula is C26H25NO3. The molecule has 4 rings (SSSR count). The van der Waals surface area contributed by atoms with Gasteiger partial charge in [-0.1, -0.05) is 24.1 Å². The van der Waals surface area contributed by atoms with E-state index in [1.807, 2.05) is 44.2 Å². The second-order valence-electron chi connectivity index (χ2n) is 8.65. The van der Waals surface area contributed by atoms with Gasteiger partial charge in [-0.3, -0.25) is 14.4 Å². The van der Waals surface area contributed by atoms with Crippen LogP contribution in [0.2, 0.25) is 0 Å². The summed E-state index contributed by atoms with van der Waals surface area (Å²) in [6, 6.07) is 13.0. The van der Waals surface area contributed by atoms with E-state index >= 15 is 0 Å². The average molecular weight is 399 g/mol. The molecule has 2 aliphatic rings. The molecule has 152 valence electrons. The Labute approximate surface area is 177 Å². The molecule has 4 heteroatoms. The van der Waals surface area contributed by atoms with Gasteiger partial charge in [0.05, 0.1) is 0 Å². The minimum absolute atomic E-state index is 0.0291.